The minimum Gasteiger partial charge on any atom is -0.328 e. The third-order valence-electron chi connectivity index (χ3n) is 3.18. The van der Waals surface area contributed by atoms with E-state index >= 15 is 0 Å². The van der Waals surface area contributed by atoms with E-state index in [1.807, 2.05) is 23.7 Å². The molecule has 0 saturated heterocycles. The summed E-state index contributed by atoms with van der Waals surface area (Å²) in [5.41, 5.74) is 5.00. The van der Waals surface area contributed by atoms with Gasteiger partial charge in [0, 0.05) is 35.7 Å². The van der Waals surface area contributed by atoms with Gasteiger partial charge in [0.2, 0.25) is 0 Å². The predicted octanol–water partition coefficient (Wildman–Crippen LogP) is 4.17. The molecule has 0 aliphatic heterocycles. The summed E-state index contributed by atoms with van der Waals surface area (Å²) >= 11 is 13.5. The summed E-state index contributed by atoms with van der Waals surface area (Å²) in [4.78, 5) is 8.96. The molecule has 0 radical (unpaired) electrons. The van der Waals surface area contributed by atoms with Crippen LogP contribution in [0.15, 0.2) is 29.1 Å². The summed E-state index contributed by atoms with van der Waals surface area (Å²) in [6, 6.07) is 5.81. The maximum Gasteiger partial charge on any atom is 0.111 e. The number of benzene rings is 1. The number of nitrogens with zero attached hydrogens (tertiary/aromatic N) is 3. The zero-order chi connectivity index (χ0) is 13.9. The van der Waals surface area contributed by atoms with Crippen LogP contribution in [0.3, 0.4) is 0 Å². The second-order valence-corrected chi connectivity index (χ2v) is 6.01. The summed E-state index contributed by atoms with van der Waals surface area (Å²) in [6.45, 7) is 0.855. The SMILES string of the molecule is ClCCc1nc2cc(Cl)ccc2n1CCc1cscn1. The van der Waals surface area contributed by atoms with Crippen molar-refractivity contribution in [2.24, 2.45) is 0 Å². The number of fused-ring (bicyclic) bond motifs is 1. The van der Waals surface area contributed by atoms with Crippen molar-refractivity contribution < 1.29 is 0 Å². The van der Waals surface area contributed by atoms with Gasteiger partial charge in [-0.25, -0.2) is 9.97 Å². The van der Waals surface area contributed by atoms with E-state index in [4.69, 9.17) is 23.2 Å². The Bertz CT molecular complexity index is 707. The normalized spacial score (nSPS) is 11.3. The van der Waals surface area contributed by atoms with Crippen molar-refractivity contribution in [3.8, 4) is 0 Å². The van der Waals surface area contributed by atoms with Gasteiger partial charge in [0.25, 0.3) is 0 Å². The first-order valence-electron chi connectivity index (χ1n) is 6.35. The van der Waals surface area contributed by atoms with E-state index in [0.29, 0.717) is 10.9 Å². The Labute approximate surface area is 131 Å². The average molecular weight is 326 g/mol. The van der Waals surface area contributed by atoms with E-state index in [2.05, 4.69) is 19.9 Å². The molecule has 0 aliphatic rings. The van der Waals surface area contributed by atoms with Gasteiger partial charge in [0.15, 0.2) is 0 Å². The molecule has 104 valence electrons. The van der Waals surface area contributed by atoms with Crippen molar-refractivity contribution in [3.05, 3.63) is 45.6 Å². The van der Waals surface area contributed by atoms with Gasteiger partial charge in [0.1, 0.15) is 5.82 Å². The van der Waals surface area contributed by atoms with E-state index in [1.165, 1.54) is 0 Å². The predicted molar refractivity (Wildman–Crippen MR) is 85.0 cm³/mol. The lowest BCUT2D eigenvalue weighted by molar-refractivity contribution is 0.668. The molecular weight excluding hydrogens is 313 g/mol. The molecule has 2 aromatic heterocycles. The quantitative estimate of drug-likeness (QED) is 0.659. The van der Waals surface area contributed by atoms with E-state index in [-0.39, 0.29) is 0 Å². The van der Waals surface area contributed by atoms with E-state index in [9.17, 15) is 0 Å². The molecule has 2 heterocycles. The average Bonchev–Trinajstić information content (AvgIpc) is 3.04. The molecule has 0 saturated carbocycles. The second-order valence-electron chi connectivity index (χ2n) is 4.48. The molecule has 0 atom stereocenters. The monoisotopic (exact) mass is 325 g/mol. The van der Waals surface area contributed by atoms with Gasteiger partial charge in [-0.15, -0.1) is 22.9 Å². The highest BCUT2D eigenvalue weighted by atomic mass is 35.5. The molecule has 0 spiro atoms. The fraction of sp³-hybridized carbons (Fsp3) is 0.286. The summed E-state index contributed by atoms with van der Waals surface area (Å²) < 4.78 is 2.22. The second kappa shape index (κ2) is 6.12. The molecule has 6 heteroatoms. The molecule has 1 aromatic carbocycles. The molecule has 20 heavy (non-hydrogen) atoms. The molecular formula is C14H13Cl2N3S. The lowest BCUT2D eigenvalue weighted by Gasteiger charge is -2.07. The fourth-order valence-electron chi connectivity index (χ4n) is 2.27. The highest BCUT2D eigenvalue weighted by Crippen LogP contribution is 2.21. The maximum atomic E-state index is 6.03. The molecule has 3 aromatic rings. The number of hydrogen-bond donors (Lipinski definition) is 0. The number of imidazole rings is 1. The molecule has 0 fully saturated rings. The van der Waals surface area contributed by atoms with Gasteiger partial charge in [-0.3, -0.25) is 0 Å². The van der Waals surface area contributed by atoms with Crippen LogP contribution in [-0.2, 0) is 19.4 Å². The maximum absolute atomic E-state index is 6.03. The lowest BCUT2D eigenvalue weighted by atomic mass is 10.3. The number of aromatic nitrogens is 3. The lowest BCUT2D eigenvalue weighted by Crippen LogP contribution is -2.07. The van der Waals surface area contributed by atoms with Crippen molar-refractivity contribution in [2.45, 2.75) is 19.4 Å². The molecule has 3 rings (SSSR count). The molecule has 0 bridgehead atoms. The van der Waals surface area contributed by atoms with Crippen LogP contribution in [0.4, 0.5) is 0 Å². The largest absolute Gasteiger partial charge is 0.328 e. The first-order valence-corrected chi connectivity index (χ1v) is 8.21. The van der Waals surface area contributed by atoms with Gasteiger partial charge < -0.3 is 4.57 Å². The van der Waals surface area contributed by atoms with Crippen LogP contribution < -0.4 is 0 Å². The highest BCUT2D eigenvalue weighted by Gasteiger charge is 2.11. The van der Waals surface area contributed by atoms with E-state index in [0.717, 1.165) is 41.9 Å². The van der Waals surface area contributed by atoms with Gasteiger partial charge in [0.05, 0.1) is 22.2 Å². The van der Waals surface area contributed by atoms with Crippen molar-refractivity contribution in [2.75, 3.05) is 5.88 Å². The zero-order valence-corrected chi connectivity index (χ0v) is 13.0. The van der Waals surface area contributed by atoms with E-state index < -0.39 is 0 Å². The first-order chi connectivity index (χ1) is 9.78. The number of hydrogen-bond acceptors (Lipinski definition) is 3. The Hall–Kier alpha value is -1.10. The van der Waals surface area contributed by atoms with Gasteiger partial charge in [-0.1, -0.05) is 11.6 Å². The van der Waals surface area contributed by atoms with Crippen LogP contribution in [0.25, 0.3) is 11.0 Å². The molecule has 0 amide bonds. The van der Waals surface area contributed by atoms with Crippen LogP contribution in [-0.4, -0.2) is 20.4 Å². The van der Waals surface area contributed by atoms with Crippen LogP contribution in [0.1, 0.15) is 11.5 Å². The number of alkyl halides is 1. The topological polar surface area (TPSA) is 30.7 Å². The van der Waals surface area contributed by atoms with Gasteiger partial charge >= 0.3 is 0 Å². The minimum absolute atomic E-state index is 0.563. The number of rotatable bonds is 5. The van der Waals surface area contributed by atoms with Crippen LogP contribution in [0.5, 0.6) is 0 Å². The van der Waals surface area contributed by atoms with Crippen LogP contribution in [0, 0.1) is 0 Å². The van der Waals surface area contributed by atoms with Crippen LogP contribution >= 0.6 is 34.5 Å². The third kappa shape index (κ3) is 2.82. The van der Waals surface area contributed by atoms with Crippen molar-refractivity contribution in [1.29, 1.82) is 0 Å². The molecule has 0 unspecified atom stereocenters. The smallest absolute Gasteiger partial charge is 0.111 e. The summed E-state index contributed by atoms with van der Waals surface area (Å²) in [5, 5.41) is 2.79. The first kappa shape index (κ1) is 13.9. The number of thiazole rings is 1. The molecule has 0 N–H and O–H groups in total. The van der Waals surface area contributed by atoms with E-state index in [1.54, 1.807) is 11.3 Å². The van der Waals surface area contributed by atoms with Crippen molar-refractivity contribution in [1.82, 2.24) is 14.5 Å². The Kier molecular flexibility index (Phi) is 4.24. The minimum atomic E-state index is 0.563. The Morgan fingerprint density at radius 2 is 2.15 bits per heavy atom. The summed E-state index contributed by atoms with van der Waals surface area (Å²) in [6.07, 6.45) is 1.65. The Morgan fingerprint density at radius 3 is 2.90 bits per heavy atom. The third-order valence-corrected chi connectivity index (χ3v) is 4.24. The van der Waals surface area contributed by atoms with Gasteiger partial charge in [-0.05, 0) is 18.2 Å². The Balaban J connectivity index is 1.95. The fourth-order valence-corrected chi connectivity index (χ4v) is 3.19. The molecule has 0 aliphatic carbocycles. The number of halogens is 2. The zero-order valence-electron chi connectivity index (χ0n) is 10.7. The molecule has 3 nitrogen and oxygen atoms in total. The van der Waals surface area contributed by atoms with Gasteiger partial charge in [-0.2, -0.15) is 0 Å². The summed E-state index contributed by atoms with van der Waals surface area (Å²) in [5.74, 6) is 1.57. The number of aryl methyl sites for hydroxylation is 3. The van der Waals surface area contributed by atoms with Crippen molar-refractivity contribution >= 4 is 45.6 Å². The standard InChI is InChI=1S/C14H13Cl2N3S/c15-5-3-14-18-12-7-10(16)1-2-13(12)19(14)6-4-11-8-20-9-17-11/h1-2,7-9H,3-6H2. The highest BCUT2D eigenvalue weighted by molar-refractivity contribution is 7.07. The van der Waals surface area contributed by atoms with Crippen LogP contribution in [0.2, 0.25) is 5.02 Å². The summed E-state index contributed by atoms with van der Waals surface area (Å²) in [7, 11) is 0. The Morgan fingerprint density at radius 1 is 1.25 bits per heavy atom. The van der Waals surface area contributed by atoms with Crippen molar-refractivity contribution in [3.63, 3.8) is 0 Å².